The third-order valence-electron chi connectivity index (χ3n) is 4.44. The number of hydrogen-bond donors (Lipinski definition) is 0. The molecule has 5 nitrogen and oxygen atoms in total. The Morgan fingerprint density at radius 2 is 2.00 bits per heavy atom. The Bertz CT molecular complexity index is 994. The molecule has 0 bridgehead atoms. The van der Waals surface area contributed by atoms with Crippen LogP contribution in [0.3, 0.4) is 0 Å². The van der Waals surface area contributed by atoms with Crippen molar-refractivity contribution in [1.29, 1.82) is 5.26 Å². The molecule has 1 aliphatic carbocycles. The summed E-state index contributed by atoms with van der Waals surface area (Å²) >= 11 is 0. The third-order valence-corrected chi connectivity index (χ3v) is 4.44. The summed E-state index contributed by atoms with van der Waals surface area (Å²) < 4.78 is 29.7. The molecule has 1 fully saturated rings. The minimum absolute atomic E-state index is 0.207. The highest BCUT2D eigenvalue weighted by molar-refractivity contribution is 6.01. The van der Waals surface area contributed by atoms with E-state index in [1.807, 2.05) is 10.6 Å². The van der Waals surface area contributed by atoms with E-state index in [0.717, 1.165) is 12.8 Å². The van der Waals surface area contributed by atoms with Crippen LogP contribution in [0.5, 0.6) is 0 Å². The molecule has 7 heteroatoms. The maximum Gasteiger partial charge on any atom is 0.320 e. The van der Waals surface area contributed by atoms with Gasteiger partial charge in [0.15, 0.2) is 5.92 Å². The minimum Gasteiger partial charge on any atom is -0.342 e. The summed E-state index contributed by atoms with van der Waals surface area (Å²) in [5.74, 6) is -2.10. The Morgan fingerprint density at radius 3 is 2.68 bits per heavy atom. The van der Waals surface area contributed by atoms with Crippen molar-refractivity contribution in [1.82, 2.24) is 14.1 Å². The van der Waals surface area contributed by atoms with Crippen LogP contribution in [0.15, 0.2) is 42.6 Å². The first-order valence-electron chi connectivity index (χ1n) is 7.97. The summed E-state index contributed by atoms with van der Waals surface area (Å²) in [4.78, 5) is 17.1. The van der Waals surface area contributed by atoms with Crippen molar-refractivity contribution in [3.63, 3.8) is 0 Å². The number of carbonyl (C=O) groups excluding carboxylic acids is 1. The number of ketones is 1. The lowest BCUT2D eigenvalue weighted by atomic mass is 10.0. The first kappa shape index (κ1) is 15.5. The predicted octanol–water partition coefficient (Wildman–Crippen LogP) is 4.06. The number of imidazole rings is 1. The molecule has 0 saturated heterocycles. The Labute approximate surface area is 142 Å². The van der Waals surface area contributed by atoms with Crippen LogP contribution < -0.4 is 0 Å². The van der Waals surface area contributed by atoms with Crippen LogP contribution in [0.2, 0.25) is 0 Å². The van der Waals surface area contributed by atoms with Gasteiger partial charge in [0.2, 0.25) is 5.78 Å². The van der Waals surface area contributed by atoms with E-state index in [1.165, 1.54) is 6.07 Å². The summed E-state index contributed by atoms with van der Waals surface area (Å²) in [5.41, 5.74) is 0.906. The quantitative estimate of drug-likeness (QED) is 0.658. The van der Waals surface area contributed by atoms with Gasteiger partial charge in [-0.1, -0.05) is 12.1 Å². The Morgan fingerprint density at radius 1 is 1.24 bits per heavy atom. The molecular formula is C18H14F2N4O. The molecule has 0 radical (unpaired) electrons. The summed E-state index contributed by atoms with van der Waals surface area (Å²) in [6.07, 6.45) is 3.73. The van der Waals surface area contributed by atoms with Crippen molar-refractivity contribution < 1.29 is 13.6 Å². The predicted molar refractivity (Wildman–Crippen MR) is 86.4 cm³/mol. The number of fused-ring (bicyclic) bond motifs is 1. The third kappa shape index (κ3) is 2.50. The number of rotatable bonds is 5. The fourth-order valence-corrected chi connectivity index (χ4v) is 3.13. The smallest absolute Gasteiger partial charge is 0.320 e. The van der Waals surface area contributed by atoms with Crippen molar-refractivity contribution in [3.8, 4) is 6.07 Å². The molecule has 126 valence electrons. The van der Waals surface area contributed by atoms with Gasteiger partial charge in [-0.3, -0.25) is 9.36 Å². The standard InChI is InChI=1S/C18H14F2N4O/c19-18(20)24-14-5-2-1-4-13(14)22-17(24)12(10-21)16(25)15-6-3-9-23(15)11-7-8-11/h1-6,9,11-12,18H,7-8H2. The van der Waals surface area contributed by atoms with Crippen LogP contribution in [-0.2, 0) is 0 Å². The van der Waals surface area contributed by atoms with E-state index in [0.29, 0.717) is 15.8 Å². The highest BCUT2D eigenvalue weighted by atomic mass is 19.3. The van der Waals surface area contributed by atoms with Gasteiger partial charge in [0, 0.05) is 12.2 Å². The van der Waals surface area contributed by atoms with Crippen molar-refractivity contribution in [2.24, 2.45) is 0 Å². The second kappa shape index (κ2) is 5.81. The van der Waals surface area contributed by atoms with E-state index in [1.54, 1.807) is 36.5 Å². The van der Waals surface area contributed by atoms with Crippen molar-refractivity contribution in [2.45, 2.75) is 31.4 Å². The number of alkyl halides is 2. The van der Waals surface area contributed by atoms with Gasteiger partial charge < -0.3 is 4.57 Å². The van der Waals surface area contributed by atoms with Crippen LogP contribution in [0.25, 0.3) is 11.0 Å². The van der Waals surface area contributed by atoms with E-state index in [-0.39, 0.29) is 17.4 Å². The van der Waals surface area contributed by atoms with Gasteiger partial charge in [0.1, 0.15) is 5.82 Å². The highest BCUT2D eigenvalue weighted by Gasteiger charge is 2.34. The fraction of sp³-hybridized carbons (Fsp3) is 0.278. The molecule has 1 saturated carbocycles. The van der Waals surface area contributed by atoms with Crippen molar-refractivity contribution >= 4 is 16.8 Å². The van der Waals surface area contributed by atoms with E-state index in [9.17, 15) is 18.8 Å². The Hall–Kier alpha value is -3.01. The van der Waals surface area contributed by atoms with E-state index >= 15 is 0 Å². The van der Waals surface area contributed by atoms with E-state index < -0.39 is 18.3 Å². The van der Waals surface area contributed by atoms with Gasteiger partial charge in [-0.25, -0.2) is 4.98 Å². The van der Waals surface area contributed by atoms with Gasteiger partial charge in [-0.05, 0) is 37.1 Å². The lowest BCUT2D eigenvalue weighted by molar-refractivity contribution is 0.0700. The normalized spacial score (nSPS) is 15.4. The van der Waals surface area contributed by atoms with Gasteiger partial charge in [0.25, 0.3) is 0 Å². The number of para-hydroxylation sites is 2. The zero-order chi connectivity index (χ0) is 17.6. The maximum atomic E-state index is 13.6. The van der Waals surface area contributed by atoms with Gasteiger partial charge >= 0.3 is 6.55 Å². The second-order valence-corrected chi connectivity index (χ2v) is 6.06. The molecule has 1 aromatic carbocycles. The van der Waals surface area contributed by atoms with Gasteiger partial charge in [-0.15, -0.1) is 0 Å². The highest BCUT2D eigenvalue weighted by Crippen LogP contribution is 2.37. The van der Waals surface area contributed by atoms with E-state index in [4.69, 9.17) is 0 Å². The van der Waals surface area contributed by atoms with Crippen LogP contribution in [0.4, 0.5) is 8.78 Å². The average Bonchev–Trinajstić information content (AvgIpc) is 3.20. The zero-order valence-corrected chi connectivity index (χ0v) is 13.1. The molecular weight excluding hydrogens is 326 g/mol. The second-order valence-electron chi connectivity index (χ2n) is 6.06. The first-order chi connectivity index (χ1) is 12.1. The summed E-state index contributed by atoms with van der Waals surface area (Å²) in [5, 5.41) is 9.55. The number of Topliss-reactive ketones (excluding diaryl/α,β-unsaturated/α-hetero) is 1. The molecule has 2 heterocycles. The fourth-order valence-electron chi connectivity index (χ4n) is 3.13. The van der Waals surface area contributed by atoms with Crippen LogP contribution >= 0.6 is 0 Å². The molecule has 3 aromatic rings. The lowest BCUT2D eigenvalue weighted by Crippen LogP contribution is -2.19. The maximum absolute atomic E-state index is 13.6. The molecule has 1 aliphatic rings. The minimum atomic E-state index is -2.89. The molecule has 0 aliphatic heterocycles. The average molecular weight is 340 g/mol. The van der Waals surface area contributed by atoms with Crippen LogP contribution in [-0.4, -0.2) is 19.9 Å². The molecule has 1 unspecified atom stereocenters. The molecule has 4 rings (SSSR count). The molecule has 0 amide bonds. The van der Waals surface area contributed by atoms with Crippen LogP contribution in [0.1, 0.15) is 47.7 Å². The molecule has 25 heavy (non-hydrogen) atoms. The van der Waals surface area contributed by atoms with Crippen molar-refractivity contribution in [2.75, 3.05) is 0 Å². The molecule has 1 atom stereocenters. The number of nitriles is 1. The number of halogens is 2. The summed E-state index contributed by atoms with van der Waals surface area (Å²) in [7, 11) is 0. The zero-order valence-electron chi connectivity index (χ0n) is 13.1. The number of carbonyl (C=O) groups is 1. The van der Waals surface area contributed by atoms with Crippen molar-refractivity contribution in [3.05, 3.63) is 54.1 Å². The van der Waals surface area contributed by atoms with E-state index in [2.05, 4.69) is 4.98 Å². The Kier molecular flexibility index (Phi) is 3.61. The SMILES string of the molecule is N#CC(C(=O)c1cccn1C1CC1)c1nc2ccccc2n1C(F)F. The lowest BCUT2D eigenvalue weighted by Gasteiger charge is -2.13. The largest absolute Gasteiger partial charge is 0.342 e. The first-order valence-corrected chi connectivity index (χ1v) is 7.97. The number of hydrogen-bond acceptors (Lipinski definition) is 3. The number of benzene rings is 1. The van der Waals surface area contributed by atoms with Crippen LogP contribution in [0, 0.1) is 11.3 Å². The molecule has 2 aromatic heterocycles. The molecule has 0 spiro atoms. The summed E-state index contributed by atoms with van der Waals surface area (Å²) in [6, 6.07) is 11.9. The Balaban J connectivity index is 1.83. The van der Waals surface area contributed by atoms with Gasteiger partial charge in [-0.2, -0.15) is 14.0 Å². The monoisotopic (exact) mass is 340 g/mol. The molecule has 0 N–H and O–H groups in total. The summed E-state index contributed by atoms with van der Waals surface area (Å²) in [6.45, 7) is -2.89. The number of aromatic nitrogens is 3. The van der Waals surface area contributed by atoms with Gasteiger partial charge in [0.05, 0.1) is 22.8 Å². The number of nitrogens with zero attached hydrogens (tertiary/aromatic N) is 4. The topological polar surface area (TPSA) is 63.6 Å².